The Bertz CT molecular complexity index is 362. The summed E-state index contributed by atoms with van der Waals surface area (Å²) in [5.41, 5.74) is -0.0580. The van der Waals surface area contributed by atoms with Gasteiger partial charge in [-0.05, 0) is 26.2 Å². The van der Waals surface area contributed by atoms with Gasteiger partial charge in [0.05, 0.1) is 14.2 Å². The molecule has 1 fully saturated rings. The van der Waals surface area contributed by atoms with Gasteiger partial charge in [0.1, 0.15) is 10.2 Å². The quantitative estimate of drug-likeness (QED) is 0.745. The summed E-state index contributed by atoms with van der Waals surface area (Å²) in [6, 6.07) is 0. The normalized spacial score (nSPS) is 21.2. The van der Waals surface area contributed by atoms with E-state index in [4.69, 9.17) is 9.57 Å². The van der Waals surface area contributed by atoms with Crippen LogP contribution in [0.1, 0.15) is 26.2 Å². The molecular weight excluding hydrogens is 296 g/mol. The molecule has 1 aliphatic heterocycles. The molecule has 0 spiro atoms. The van der Waals surface area contributed by atoms with E-state index >= 15 is 0 Å². The van der Waals surface area contributed by atoms with E-state index in [1.807, 2.05) is 0 Å². The molecule has 122 valence electrons. The van der Waals surface area contributed by atoms with Crippen LogP contribution in [0, 0.1) is 0 Å². The molecule has 0 aromatic heterocycles. The highest BCUT2D eigenvalue weighted by molar-refractivity contribution is 8.01. The first-order valence-electron chi connectivity index (χ1n) is 6.86. The van der Waals surface area contributed by atoms with Crippen molar-refractivity contribution in [3.05, 3.63) is 0 Å². The van der Waals surface area contributed by atoms with Crippen molar-refractivity contribution in [2.24, 2.45) is 0 Å². The molecule has 0 radical (unpaired) electrons. The van der Waals surface area contributed by atoms with E-state index in [9.17, 15) is 9.59 Å². The number of ether oxygens (including phenoxy) is 2. The Hall–Kier alpha value is -0.990. The zero-order valence-electron chi connectivity index (χ0n) is 13.0. The summed E-state index contributed by atoms with van der Waals surface area (Å²) in [5.74, 6) is -0.236. The minimum Gasteiger partial charge on any atom is -0.453 e. The van der Waals surface area contributed by atoms with Gasteiger partial charge in [0.25, 0.3) is 5.91 Å². The van der Waals surface area contributed by atoms with Crippen LogP contribution in [0.4, 0.5) is 4.79 Å². The lowest BCUT2D eigenvalue weighted by Crippen LogP contribution is -2.51. The molecule has 0 aromatic rings. The van der Waals surface area contributed by atoms with Crippen molar-refractivity contribution in [2.75, 3.05) is 34.4 Å². The predicted octanol–water partition coefficient (Wildman–Crippen LogP) is 1.38. The smallest absolute Gasteiger partial charge is 0.406 e. The maximum atomic E-state index is 12.5. The fraction of sp³-hybridized carbons (Fsp3) is 0.846. The van der Waals surface area contributed by atoms with Gasteiger partial charge in [0, 0.05) is 20.2 Å². The Kier molecular flexibility index (Phi) is 7.27. The van der Waals surface area contributed by atoms with Crippen LogP contribution in [0.5, 0.6) is 0 Å². The number of methoxy groups -OCH3 is 1. The van der Waals surface area contributed by atoms with Crippen molar-refractivity contribution < 1.29 is 23.9 Å². The van der Waals surface area contributed by atoms with Gasteiger partial charge < -0.3 is 14.8 Å². The number of alkyl carbamates (subject to hydrolysis) is 1. The van der Waals surface area contributed by atoms with Gasteiger partial charge in [-0.1, -0.05) is 0 Å². The molecule has 0 bridgehead atoms. The van der Waals surface area contributed by atoms with E-state index in [1.54, 1.807) is 14.0 Å². The molecule has 0 aliphatic carbocycles. The molecule has 1 heterocycles. The van der Waals surface area contributed by atoms with Crippen molar-refractivity contribution in [3.63, 3.8) is 0 Å². The number of nitrogens with one attached hydrogen (secondary N) is 1. The third-order valence-electron chi connectivity index (χ3n) is 3.30. The first kappa shape index (κ1) is 18.1. The standard InChI is InChI=1S/C13H24N2O5S/c1-13(9-14-12(17)18-3,11(16)15(2)19-4)21-10-7-5-6-8-20-10/h10H,5-9H2,1-4H3,(H,14,17)/t10?,13-/m0/s1. The molecule has 2 atom stereocenters. The largest absolute Gasteiger partial charge is 0.453 e. The van der Waals surface area contributed by atoms with Crippen molar-refractivity contribution in [3.8, 4) is 0 Å². The van der Waals surface area contributed by atoms with Crippen molar-refractivity contribution in [2.45, 2.75) is 36.4 Å². The summed E-state index contributed by atoms with van der Waals surface area (Å²) < 4.78 is 9.35. The molecule has 7 nitrogen and oxygen atoms in total. The average Bonchev–Trinajstić information content (AvgIpc) is 2.52. The first-order chi connectivity index (χ1) is 9.92. The fourth-order valence-corrected chi connectivity index (χ4v) is 3.40. The van der Waals surface area contributed by atoms with E-state index in [0.29, 0.717) is 6.61 Å². The van der Waals surface area contributed by atoms with E-state index < -0.39 is 10.8 Å². The van der Waals surface area contributed by atoms with Crippen LogP contribution in [-0.4, -0.2) is 61.7 Å². The minimum atomic E-state index is -0.888. The highest BCUT2D eigenvalue weighted by atomic mass is 32.2. The topological polar surface area (TPSA) is 77.1 Å². The molecule has 1 unspecified atom stereocenters. The van der Waals surface area contributed by atoms with Crippen LogP contribution < -0.4 is 5.32 Å². The van der Waals surface area contributed by atoms with Gasteiger partial charge in [-0.15, -0.1) is 11.8 Å². The van der Waals surface area contributed by atoms with E-state index in [1.165, 1.54) is 26.0 Å². The average molecular weight is 320 g/mol. The lowest BCUT2D eigenvalue weighted by atomic mass is 10.1. The Morgan fingerprint density at radius 1 is 1.43 bits per heavy atom. The second kappa shape index (κ2) is 8.45. The summed E-state index contributed by atoms with van der Waals surface area (Å²) in [7, 11) is 4.25. The van der Waals surface area contributed by atoms with Crippen LogP contribution in [-0.2, 0) is 19.1 Å². The number of rotatable bonds is 6. The van der Waals surface area contributed by atoms with Crippen LogP contribution >= 0.6 is 11.8 Å². The molecule has 21 heavy (non-hydrogen) atoms. The third-order valence-corrected chi connectivity index (χ3v) is 4.77. The maximum absolute atomic E-state index is 12.5. The molecule has 1 rings (SSSR count). The highest BCUT2D eigenvalue weighted by Gasteiger charge is 2.40. The summed E-state index contributed by atoms with van der Waals surface area (Å²) in [4.78, 5) is 28.8. The first-order valence-corrected chi connectivity index (χ1v) is 7.74. The van der Waals surface area contributed by atoms with Gasteiger partial charge in [0.15, 0.2) is 0 Å². The van der Waals surface area contributed by atoms with Crippen LogP contribution in [0.2, 0.25) is 0 Å². The lowest BCUT2D eigenvalue weighted by molar-refractivity contribution is -0.170. The fourth-order valence-electron chi connectivity index (χ4n) is 1.99. The number of thioether (sulfide) groups is 1. The highest BCUT2D eigenvalue weighted by Crippen LogP contribution is 2.35. The molecule has 1 saturated heterocycles. The van der Waals surface area contributed by atoms with Crippen molar-refractivity contribution in [1.82, 2.24) is 10.4 Å². The number of hydrogen-bond acceptors (Lipinski definition) is 6. The number of carbonyl (C=O) groups is 2. The number of nitrogens with zero attached hydrogens (tertiary/aromatic N) is 1. The summed E-state index contributed by atoms with van der Waals surface area (Å²) in [6.07, 6.45) is 2.44. The number of amides is 2. The lowest BCUT2D eigenvalue weighted by Gasteiger charge is -2.35. The Labute approximate surface area is 129 Å². The van der Waals surface area contributed by atoms with Gasteiger partial charge >= 0.3 is 6.09 Å². The molecule has 1 N–H and O–H groups in total. The number of hydrogen-bond donors (Lipinski definition) is 1. The Morgan fingerprint density at radius 2 is 2.14 bits per heavy atom. The van der Waals surface area contributed by atoms with Gasteiger partial charge in [-0.3, -0.25) is 9.63 Å². The molecule has 0 saturated carbocycles. The molecule has 0 aromatic carbocycles. The van der Waals surface area contributed by atoms with E-state index in [2.05, 4.69) is 10.1 Å². The zero-order valence-corrected chi connectivity index (χ0v) is 13.8. The minimum absolute atomic E-state index is 0.0580. The summed E-state index contributed by atoms with van der Waals surface area (Å²) in [5, 5.41) is 3.74. The third kappa shape index (κ3) is 5.37. The molecule has 1 aliphatic rings. The monoisotopic (exact) mass is 320 g/mol. The Morgan fingerprint density at radius 3 is 2.67 bits per heavy atom. The van der Waals surface area contributed by atoms with Crippen molar-refractivity contribution in [1.29, 1.82) is 0 Å². The molecule has 8 heteroatoms. The van der Waals surface area contributed by atoms with E-state index in [0.717, 1.165) is 24.3 Å². The van der Waals surface area contributed by atoms with Crippen LogP contribution in [0.25, 0.3) is 0 Å². The van der Waals surface area contributed by atoms with Gasteiger partial charge in [-0.25, -0.2) is 9.86 Å². The van der Waals surface area contributed by atoms with Crippen molar-refractivity contribution >= 4 is 23.8 Å². The van der Waals surface area contributed by atoms with E-state index in [-0.39, 0.29) is 17.9 Å². The molecular formula is C13H24N2O5S. The zero-order chi connectivity index (χ0) is 15.9. The van der Waals surface area contributed by atoms with Gasteiger partial charge in [0.2, 0.25) is 0 Å². The number of hydroxylamine groups is 2. The maximum Gasteiger partial charge on any atom is 0.406 e. The van der Waals surface area contributed by atoms with Crippen LogP contribution in [0.3, 0.4) is 0 Å². The van der Waals surface area contributed by atoms with Crippen LogP contribution in [0.15, 0.2) is 0 Å². The SMILES string of the molecule is COC(=O)NC[C@](C)(SC1CCCCO1)C(=O)N(C)OC. The summed E-state index contributed by atoms with van der Waals surface area (Å²) in [6.45, 7) is 2.60. The Balaban J connectivity index is 2.75. The predicted molar refractivity (Wildman–Crippen MR) is 79.8 cm³/mol. The second-order valence-electron chi connectivity index (χ2n) is 4.98. The van der Waals surface area contributed by atoms with Gasteiger partial charge in [-0.2, -0.15) is 0 Å². The summed E-state index contributed by atoms with van der Waals surface area (Å²) >= 11 is 1.41. The number of carbonyl (C=O) groups excluding carboxylic acids is 2. The molecule has 2 amide bonds. The second-order valence-corrected chi connectivity index (χ2v) is 6.64.